The monoisotopic (exact) mass is 337 g/mol. The van der Waals surface area contributed by atoms with Gasteiger partial charge in [-0.25, -0.2) is 0 Å². The van der Waals surface area contributed by atoms with E-state index in [0.29, 0.717) is 12.0 Å². The van der Waals surface area contributed by atoms with E-state index in [0.717, 1.165) is 36.9 Å². The van der Waals surface area contributed by atoms with Gasteiger partial charge in [-0.2, -0.15) is 0 Å². The van der Waals surface area contributed by atoms with Crippen molar-refractivity contribution >= 4 is 11.8 Å². The molecule has 5 heteroatoms. The number of amides is 2. The number of nitrogens with zero attached hydrogens (tertiary/aromatic N) is 1. The van der Waals surface area contributed by atoms with Crippen molar-refractivity contribution in [1.29, 1.82) is 0 Å². The van der Waals surface area contributed by atoms with Crippen LogP contribution in [0.2, 0.25) is 0 Å². The van der Waals surface area contributed by atoms with Crippen molar-refractivity contribution < 1.29 is 9.59 Å². The molecule has 0 radical (unpaired) electrons. The smallest absolute Gasteiger partial charge is 0.251 e. The van der Waals surface area contributed by atoms with Gasteiger partial charge in [-0.1, -0.05) is 0 Å². The maximum atomic E-state index is 12.8. The second kappa shape index (κ2) is 6.06. The predicted molar refractivity (Wildman–Crippen MR) is 95.7 cm³/mol. The highest BCUT2D eigenvalue weighted by atomic mass is 16.2. The Labute approximate surface area is 147 Å². The molecular formula is C20H23N3O2. The average molecular weight is 337 g/mol. The third kappa shape index (κ3) is 2.84. The van der Waals surface area contributed by atoms with E-state index in [2.05, 4.69) is 10.6 Å². The number of aromatic nitrogens is 1. The summed E-state index contributed by atoms with van der Waals surface area (Å²) in [6, 6.07) is 9.85. The van der Waals surface area contributed by atoms with Crippen LogP contribution in [-0.2, 0) is 4.79 Å². The van der Waals surface area contributed by atoms with Crippen molar-refractivity contribution in [3.05, 3.63) is 53.9 Å². The molecule has 1 aromatic heterocycles. The standard InChI is InChI=1S/C20H23N3O2/c1-14-13-15(23-11-2-3-12-23)5-6-16(14)19(25)21-17-7-8-18(24)22-20(17)9-4-10-20/h2-3,5-6,11-13,17H,4,7-10H2,1H3,(H,21,25)(H,22,24). The van der Waals surface area contributed by atoms with Crippen molar-refractivity contribution in [2.24, 2.45) is 0 Å². The van der Waals surface area contributed by atoms with Crippen LogP contribution >= 0.6 is 0 Å². The lowest BCUT2D eigenvalue weighted by atomic mass is 9.68. The molecule has 1 aliphatic carbocycles. The van der Waals surface area contributed by atoms with E-state index in [9.17, 15) is 9.59 Å². The maximum absolute atomic E-state index is 12.8. The minimum atomic E-state index is -0.218. The Bertz CT molecular complexity index is 806. The van der Waals surface area contributed by atoms with Gasteiger partial charge in [-0.05, 0) is 68.5 Å². The van der Waals surface area contributed by atoms with Crippen molar-refractivity contribution in [3.63, 3.8) is 0 Å². The maximum Gasteiger partial charge on any atom is 0.251 e. The molecule has 2 amide bonds. The lowest BCUT2D eigenvalue weighted by Gasteiger charge is -2.51. The molecule has 2 aliphatic rings. The fraction of sp³-hybridized carbons (Fsp3) is 0.400. The topological polar surface area (TPSA) is 63.1 Å². The molecule has 2 fully saturated rings. The van der Waals surface area contributed by atoms with Crippen LogP contribution < -0.4 is 10.6 Å². The summed E-state index contributed by atoms with van der Waals surface area (Å²) in [4.78, 5) is 24.6. The van der Waals surface area contributed by atoms with E-state index in [-0.39, 0.29) is 23.4 Å². The van der Waals surface area contributed by atoms with Gasteiger partial charge in [0.1, 0.15) is 0 Å². The average Bonchev–Trinajstić information content (AvgIpc) is 3.09. The largest absolute Gasteiger partial charge is 0.349 e. The molecule has 1 aromatic carbocycles. The van der Waals surface area contributed by atoms with Crippen LogP contribution in [0, 0.1) is 6.92 Å². The molecule has 2 aromatic rings. The van der Waals surface area contributed by atoms with E-state index in [1.54, 1.807) is 0 Å². The molecule has 5 nitrogen and oxygen atoms in total. The first kappa shape index (κ1) is 15.9. The highest BCUT2D eigenvalue weighted by Gasteiger charge is 2.48. The summed E-state index contributed by atoms with van der Waals surface area (Å²) in [5.74, 6) is 0.0569. The Morgan fingerprint density at radius 1 is 1.28 bits per heavy atom. The molecule has 130 valence electrons. The Balaban J connectivity index is 1.52. The summed E-state index contributed by atoms with van der Waals surface area (Å²) < 4.78 is 2.02. The van der Waals surface area contributed by atoms with Gasteiger partial charge in [0.05, 0.1) is 11.6 Å². The number of hydrogen-bond acceptors (Lipinski definition) is 2. The Kier molecular flexibility index (Phi) is 3.86. The molecule has 4 rings (SSSR count). The van der Waals surface area contributed by atoms with Crippen molar-refractivity contribution in [2.45, 2.75) is 50.6 Å². The second-order valence-electron chi connectivity index (χ2n) is 7.21. The number of hydrogen-bond donors (Lipinski definition) is 2. The molecule has 1 atom stereocenters. The molecule has 1 unspecified atom stereocenters. The first-order chi connectivity index (χ1) is 12.1. The summed E-state index contributed by atoms with van der Waals surface area (Å²) in [6.07, 6.45) is 8.19. The lowest BCUT2D eigenvalue weighted by molar-refractivity contribution is -0.127. The molecule has 2 N–H and O–H groups in total. The normalized spacial score (nSPS) is 21.5. The zero-order valence-corrected chi connectivity index (χ0v) is 14.4. The Morgan fingerprint density at radius 2 is 2.04 bits per heavy atom. The summed E-state index contributed by atoms with van der Waals surface area (Å²) in [6.45, 7) is 1.96. The zero-order chi connectivity index (χ0) is 17.4. The zero-order valence-electron chi connectivity index (χ0n) is 14.4. The molecular weight excluding hydrogens is 314 g/mol. The highest BCUT2D eigenvalue weighted by Crippen LogP contribution is 2.39. The molecule has 1 aliphatic heterocycles. The number of rotatable bonds is 3. The van der Waals surface area contributed by atoms with Crippen LogP contribution in [0.15, 0.2) is 42.7 Å². The van der Waals surface area contributed by atoms with E-state index in [1.165, 1.54) is 0 Å². The highest BCUT2D eigenvalue weighted by molar-refractivity contribution is 5.96. The molecule has 1 saturated heterocycles. The molecule has 0 bridgehead atoms. The number of nitrogens with one attached hydrogen (secondary N) is 2. The molecule has 1 saturated carbocycles. The van der Waals surface area contributed by atoms with Crippen molar-refractivity contribution in [3.8, 4) is 5.69 Å². The van der Waals surface area contributed by atoms with Gasteiger partial charge in [0.2, 0.25) is 5.91 Å². The number of carbonyl (C=O) groups is 2. The number of aryl methyl sites for hydroxylation is 1. The van der Waals surface area contributed by atoms with E-state index >= 15 is 0 Å². The van der Waals surface area contributed by atoms with Crippen LogP contribution in [0.25, 0.3) is 5.69 Å². The van der Waals surface area contributed by atoms with Crippen LogP contribution in [-0.4, -0.2) is 28.0 Å². The van der Waals surface area contributed by atoms with Crippen molar-refractivity contribution in [1.82, 2.24) is 15.2 Å². The van der Waals surface area contributed by atoms with Gasteiger partial charge >= 0.3 is 0 Å². The molecule has 1 spiro atoms. The minimum absolute atomic E-state index is 0.0231. The summed E-state index contributed by atoms with van der Waals surface area (Å²) >= 11 is 0. The third-order valence-corrected chi connectivity index (χ3v) is 5.62. The molecule has 25 heavy (non-hydrogen) atoms. The number of carbonyl (C=O) groups excluding carboxylic acids is 2. The third-order valence-electron chi connectivity index (χ3n) is 5.62. The fourth-order valence-electron chi connectivity index (χ4n) is 4.03. The quantitative estimate of drug-likeness (QED) is 0.904. The van der Waals surface area contributed by atoms with Gasteiger partial charge in [0.15, 0.2) is 0 Å². The lowest BCUT2D eigenvalue weighted by Crippen LogP contribution is -2.68. The van der Waals surface area contributed by atoms with Crippen molar-refractivity contribution in [2.75, 3.05) is 0 Å². The van der Waals surface area contributed by atoms with Crippen LogP contribution in [0.3, 0.4) is 0 Å². The fourth-order valence-corrected chi connectivity index (χ4v) is 4.03. The summed E-state index contributed by atoms with van der Waals surface area (Å²) in [5, 5.41) is 6.30. The predicted octanol–water partition coefficient (Wildman–Crippen LogP) is 2.72. The second-order valence-corrected chi connectivity index (χ2v) is 7.21. The number of benzene rings is 1. The van der Waals surface area contributed by atoms with Gasteiger partial charge in [-0.3, -0.25) is 9.59 Å². The van der Waals surface area contributed by atoms with Gasteiger partial charge in [-0.15, -0.1) is 0 Å². The minimum Gasteiger partial charge on any atom is -0.349 e. The van der Waals surface area contributed by atoms with Gasteiger partial charge in [0.25, 0.3) is 5.91 Å². The van der Waals surface area contributed by atoms with E-state index < -0.39 is 0 Å². The van der Waals surface area contributed by atoms with E-state index in [1.807, 2.05) is 54.2 Å². The summed E-state index contributed by atoms with van der Waals surface area (Å²) in [7, 11) is 0. The first-order valence-corrected chi connectivity index (χ1v) is 8.93. The van der Waals surface area contributed by atoms with Crippen LogP contribution in [0.4, 0.5) is 0 Å². The first-order valence-electron chi connectivity index (χ1n) is 8.93. The SMILES string of the molecule is Cc1cc(-n2cccc2)ccc1C(=O)NC1CCC(=O)NC12CCC2. The number of piperidine rings is 1. The molecule has 2 heterocycles. The van der Waals surface area contributed by atoms with Crippen LogP contribution in [0.5, 0.6) is 0 Å². The van der Waals surface area contributed by atoms with E-state index in [4.69, 9.17) is 0 Å². The van der Waals surface area contributed by atoms with Crippen LogP contribution in [0.1, 0.15) is 48.0 Å². The Hall–Kier alpha value is -2.56. The van der Waals surface area contributed by atoms with Gasteiger partial charge < -0.3 is 15.2 Å². The Morgan fingerprint density at radius 3 is 2.68 bits per heavy atom. The summed E-state index contributed by atoms with van der Waals surface area (Å²) in [5.41, 5.74) is 2.47. The van der Waals surface area contributed by atoms with Gasteiger partial charge in [0, 0.05) is 30.1 Å².